The van der Waals surface area contributed by atoms with E-state index in [4.69, 9.17) is 0 Å². The molecule has 2 bridgehead atoms. The average molecular weight is 421 g/mol. The van der Waals surface area contributed by atoms with Gasteiger partial charge in [0.2, 0.25) is 5.91 Å². The SMILES string of the molecule is Cc1ccc(=O)n(CC(=O)N2[C@H](Cc3ccccc3)[C@@H]3C[C@@]4(C)[C@H](CCC[C@@H]24)N3C)n1. The van der Waals surface area contributed by atoms with Gasteiger partial charge in [0.1, 0.15) is 6.54 Å². The summed E-state index contributed by atoms with van der Waals surface area (Å²) in [7, 11) is 2.25. The van der Waals surface area contributed by atoms with Crippen molar-refractivity contribution in [2.45, 2.75) is 76.7 Å². The van der Waals surface area contributed by atoms with Crippen molar-refractivity contribution in [3.63, 3.8) is 0 Å². The second kappa shape index (κ2) is 7.59. The zero-order valence-electron chi connectivity index (χ0n) is 18.7. The molecular weight excluding hydrogens is 388 g/mol. The van der Waals surface area contributed by atoms with Crippen molar-refractivity contribution in [3.05, 3.63) is 64.1 Å². The summed E-state index contributed by atoms with van der Waals surface area (Å²) in [5.74, 6) is 0.0259. The Hall–Kier alpha value is -2.47. The Balaban J connectivity index is 1.53. The van der Waals surface area contributed by atoms with Crippen LogP contribution in [0.5, 0.6) is 0 Å². The van der Waals surface area contributed by atoms with Crippen molar-refractivity contribution in [1.29, 1.82) is 0 Å². The molecule has 3 heterocycles. The van der Waals surface area contributed by atoms with Gasteiger partial charge in [-0.1, -0.05) is 37.3 Å². The van der Waals surface area contributed by atoms with Crippen molar-refractivity contribution in [2.75, 3.05) is 7.05 Å². The van der Waals surface area contributed by atoms with E-state index in [1.165, 1.54) is 22.7 Å². The Kier molecular flexibility index (Phi) is 5.00. The van der Waals surface area contributed by atoms with Gasteiger partial charge in [0.15, 0.2) is 0 Å². The summed E-state index contributed by atoms with van der Waals surface area (Å²) >= 11 is 0. The molecule has 5 rings (SSSR count). The molecule has 164 valence electrons. The molecule has 3 aliphatic rings. The topological polar surface area (TPSA) is 58.4 Å². The second-order valence-corrected chi connectivity index (χ2v) is 9.93. The van der Waals surface area contributed by atoms with Crippen molar-refractivity contribution >= 4 is 5.91 Å². The van der Waals surface area contributed by atoms with E-state index >= 15 is 0 Å². The maximum absolute atomic E-state index is 13.8. The van der Waals surface area contributed by atoms with Crippen LogP contribution < -0.4 is 5.56 Å². The highest BCUT2D eigenvalue weighted by molar-refractivity contribution is 5.77. The van der Waals surface area contributed by atoms with Gasteiger partial charge in [-0.3, -0.25) is 14.5 Å². The van der Waals surface area contributed by atoms with E-state index in [0.29, 0.717) is 12.1 Å². The van der Waals surface area contributed by atoms with E-state index in [9.17, 15) is 9.59 Å². The van der Waals surface area contributed by atoms with Crippen LogP contribution in [0.15, 0.2) is 47.3 Å². The lowest BCUT2D eigenvalue weighted by Gasteiger charge is -2.53. The number of likely N-dealkylation sites (N-methyl/N-ethyl adjacent to an activating group) is 1. The van der Waals surface area contributed by atoms with Gasteiger partial charge in [-0.2, -0.15) is 5.10 Å². The molecule has 3 fully saturated rings. The van der Waals surface area contributed by atoms with Crippen LogP contribution in [0.3, 0.4) is 0 Å². The van der Waals surface area contributed by atoms with E-state index in [2.05, 4.69) is 53.1 Å². The van der Waals surface area contributed by atoms with Gasteiger partial charge in [0, 0.05) is 29.6 Å². The first kappa shape index (κ1) is 20.4. The number of aromatic nitrogens is 2. The number of hydrogen-bond acceptors (Lipinski definition) is 4. The molecule has 6 heteroatoms. The van der Waals surface area contributed by atoms with Gasteiger partial charge in [0.05, 0.1) is 11.7 Å². The minimum atomic E-state index is -0.219. The zero-order chi connectivity index (χ0) is 21.8. The largest absolute Gasteiger partial charge is 0.333 e. The number of nitrogens with zero attached hydrogens (tertiary/aromatic N) is 4. The molecule has 2 saturated heterocycles. The third-order valence-electron chi connectivity index (χ3n) is 8.14. The predicted octanol–water partition coefficient (Wildman–Crippen LogP) is 2.64. The number of hydrogen-bond donors (Lipinski definition) is 0. The maximum atomic E-state index is 13.8. The first-order valence-corrected chi connectivity index (χ1v) is 11.5. The monoisotopic (exact) mass is 420 g/mol. The summed E-state index contributed by atoms with van der Waals surface area (Å²) in [6.45, 7) is 4.25. The molecule has 0 spiro atoms. The number of aryl methyl sites for hydroxylation is 1. The molecule has 2 aromatic rings. The lowest BCUT2D eigenvalue weighted by atomic mass is 9.64. The molecule has 5 atom stereocenters. The van der Waals surface area contributed by atoms with Crippen molar-refractivity contribution in [1.82, 2.24) is 19.6 Å². The number of carbonyl (C=O) groups is 1. The van der Waals surface area contributed by atoms with E-state index in [-0.39, 0.29) is 35.5 Å². The normalized spacial score (nSPS) is 32.3. The molecule has 1 amide bonds. The fourth-order valence-corrected chi connectivity index (χ4v) is 6.76. The second-order valence-electron chi connectivity index (χ2n) is 9.93. The number of carbonyl (C=O) groups excluding carboxylic acids is 1. The third-order valence-corrected chi connectivity index (χ3v) is 8.14. The van der Waals surface area contributed by atoms with Gasteiger partial charge in [0.25, 0.3) is 5.56 Å². The zero-order valence-corrected chi connectivity index (χ0v) is 18.7. The summed E-state index contributed by atoms with van der Waals surface area (Å²) in [5, 5.41) is 4.33. The molecule has 1 aliphatic carbocycles. The Morgan fingerprint density at radius 1 is 1.13 bits per heavy atom. The summed E-state index contributed by atoms with van der Waals surface area (Å²) < 4.78 is 1.33. The summed E-state index contributed by atoms with van der Waals surface area (Å²) in [6.07, 6.45) is 5.38. The number of likely N-dealkylation sites (tertiary alicyclic amines) is 2. The van der Waals surface area contributed by atoms with Gasteiger partial charge in [-0.05, 0) is 57.7 Å². The van der Waals surface area contributed by atoms with Crippen molar-refractivity contribution in [2.24, 2.45) is 5.41 Å². The number of rotatable bonds is 4. The first-order valence-electron chi connectivity index (χ1n) is 11.5. The first-order chi connectivity index (χ1) is 14.9. The number of amides is 1. The lowest BCUT2D eigenvalue weighted by Crippen LogP contribution is -2.63. The smallest absolute Gasteiger partial charge is 0.267 e. The molecular formula is C25H32N4O2. The number of benzene rings is 1. The van der Waals surface area contributed by atoms with Crippen LogP contribution >= 0.6 is 0 Å². The molecule has 2 aliphatic heterocycles. The van der Waals surface area contributed by atoms with Crippen LogP contribution in [-0.4, -0.2) is 56.7 Å². The summed E-state index contributed by atoms with van der Waals surface area (Å²) in [6, 6.07) is 14.9. The molecule has 31 heavy (non-hydrogen) atoms. The molecule has 0 unspecified atom stereocenters. The van der Waals surface area contributed by atoms with Gasteiger partial charge >= 0.3 is 0 Å². The summed E-state index contributed by atoms with van der Waals surface area (Å²) in [5.41, 5.74) is 1.90. The fraction of sp³-hybridized carbons (Fsp3) is 0.560. The third kappa shape index (κ3) is 3.32. The number of fused-ring (bicyclic) bond motifs is 1. The van der Waals surface area contributed by atoms with Crippen molar-refractivity contribution < 1.29 is 4.79 Å². The molecule has 6 nitrogen and oxygen atoms in total. The minimum Gasteiger partial charge on any atom is -0.333 e. The highest BCUT2D eigenvalue weighted by Gasteiger charge is 2.62. The van der Waals surface area contributed by atoms with Crippen molar-refractivity contribution in [3.8, 4) is 0 Å². The average Bonchev–Trinajstić information content (AvgIpc) is 3.02. The van der Waals surface area contributed by atoms with Crippen LogP contribution in [0, 0.1) is 12.3 Å². The Bertz CT molecular complexity index is 1040. The van der Waals surface area contributed by atoms with E-state index in [1.54, 1.807) is 6.07 Å². The Labute approximate surface area is 183 Å². The van der Waals surface area contributed by atoms with Crippen LogP contribution in [0.2, 0.25) is 0 Å². The van der Waals surface area contributed by atoms with Crippen LogP contribution in [-0.2, 0) is 17.8 Å². The fourth-order valence-electron chi connectivity index (χ4n) is 6.76. The highest BCUT2D eigenvalue weighted by Crippen LogP contribution is 2.55. The summed E-state index contributed by atoms with van der Waals surface area (Å²) in [4.78, 5) is 30.9. The Morgan fingerprint density at radius 3 is 2.65 bits per heavy atom. The minimum absolute atomic E-state index is 0.0134. The van der Waals surface area contributed by atoms with E-state index in [0.717, 1.165) is 31.4 Å². The number of piperidine rings is 1. The lowest BCUT2D eigenvalue weighted by molar-refractivity contribution is -0.145. The van der Waals surface area contributed by atoms with Gasteiger partial charge in [-0.25, -0.2) is 4.68 Å². The Morgan fingerprint density at radius 2 is 1.87 bits per heavy atom. The van der Waals surface area contributed by atoms with E-state index in [1.807, 2.05) is 13.0 Å². The quantitative estimate of drug-likeness (QED) is 0.763. The molecule has 1 aromatic heterocycles. The molecule has 0 radical (unpaired) electrons. The van der Waals surface area contributed by atoms with Gasteiger partial charge < -0.3 is 4.90 Å². The maximum Gasteiger partial charge on any atom is 0.267 e. The van der Waals surface area contributed by atoms with Crippen LogP contribution in [0.25, 0.3) is 0 Å². The van der Waals surface area contributed by atoms with Crippen LogP contribution in [0.1, 0.15) is 43.9 Å². The molecule has 1 aromatic carbocycles. The highest BCUT2D eigenvalue weighted by atomic mass is 16.2. The van der Waals surface area contributed by atoms with Crippen LogP contribution in [0.4, 0.5) is 0 Å². The standard InChI is InChI=1S/C25H32N4O2/c1-17-12-13-23(30)28(26-17)16-24(31)29-19(14-18-8-5-4-6-9-18)20-15-25(2)21(27(20)3)10-7-11-22(25)29/h4-6,8-9,12-13,19-22H,7,10-11,14-16H2,1-3H3/t19-,20+,21+,22-,25+/m1/s1. The van der Waals surface area contributed by atoms with Gasteiger partial charge in [-0.15, -0.1) is 0 Å². The molecule has 1 saturated carbocycles. The predicted molar refractivity (Wildman–Crippen MR) is 120 cm³/mol. The van der Waals surface area contributed by atoms with E-state index < -0.39 is 0 Å². The molecule has 0 N–H and O–H groups in total.